The molecule has 0 saturated carbocycles. The second-order valence-corrected chi connectivity index (χ2v) is 5.60. The Morgan fingerprint density at radius 2 is 2.20 bits per heavy atom. The highest BCUT2D eigenvalue weighted by atomic mass is 79.9. The Labute approximate surface area is 153 Å². The maximum atomic E-state index is 12.4. The zero-order valence-corrected chi connectivity index (χ0v) is 15.4. The topological polar surface area (TPSA) is 145 Å². The Morgan fingerprint density at radius 1 is 1.44 bits per heavy atom. The number of carbonyl (C=O) groups is 2. The summed E-state index contributed by atoms with van der Waals surface area (Å²) in [4.78, 5) is 30.8. The molecule has 134 valence electrons. The number of azide groups is 1. The summed E-state index contributed by atoms with van der Waals surface area (Å²) in [6.45, 7) is 0.539. The minimum Gasteiger partial charge on any atom is -0.370 e. The van der Waals surface area contributed by atoms with E-state index in [0.29, 0.717) is 36.6 Å². The zero-order valence-electron chi connectivity index (χ0n) is 13.8. The molecule has 0 saturated heterocycles. The highest BCUT2D eigenvalue weighted by molar-refractivity contribution is 9.09. The van der Waals surface area contributed by atoms with Gasteiger partial charge in [-0.25, -0.2) is 0 Å². The molecule has 1 aromatic rings. The van der Waals surface area contributed by atoms with Gasteiger partial charge in [0.1, 0.15) is 0 Å². The lowest BCUT2D eigenvalue weighted by atomic mass is 10.1. The summed E-state index contributed by atoms with van der Waals surface area (Å²) in [5.74, 6) is -0.212. The molecule has 25 heavy (non-hydrogen) atoms. The molecular formula is C15H20BrN7O2. The van der Waals surface area contributed by atoms with Gasteiger partial charge in [0.15, 0.2) is 11.7 Å². The number of halogens is 1. The third-order valence-corrected chi connectivity index (χ3v) is 3.86. The lowest BCUT2D eigenvalue weighted by Crippen LogP contribution is -2.42. The van der Waals surface area contributed by atoms with Crippen LogP contribution in [0.15, 0.2) is 34.4 Å². The van der Waals surface area contributed by atoms with Crippen LogP contribution in [0.5, 0.6) is 0 Å². The number of alkyl halides is 1. The molecular weight excluding hydrogens is 390 g/mol. The predicted molar refractivity (Wildman–Crippen MR) is 100 cm³/mol. The van der Waals surface area contributed by atoms with Crippen LogP contribution in [0.1, 0.15) is 23.2 Å². The van der Waals surface area contributed by atoms with Crippen LogP contribution in [-0.4, -0.2) is 42.6 Å². The fourth-order valence-electron chi connectivity index (χ4n) is 2.01. The summed E-state index contributed by atoms with van der Waals surface area (Å²) in [7, 11) is 1.57. The van der Waals surface area contributed by atoms with Gasteiger partial charge in [0.2, 0.25) is 0 Å². The Hall–Kier alpha value is -2.58. The predicted octanol–water partition coefficient (Wildman–Crippen LogP) is 2.01. The SMILES string of the molecule is CN=C(N)NCCC[C@H](NC(=O)c1cccc(N=[N+]=[N-])c1)C(=O)CBr. The summed E-state index contributed by atoms with van der Waals surface area (Å²) in [6.07, 6.45) is 1.08. The number of rotatable bonds is 9. The molecule has 0 aliphatic carbocycles. The van der Waals surface area contributed by atoms with Gasteiger partial charge < -0.3 is 16.4 Å². The largest absolute Gasteiger partial charge is 0.370 e. The molecule has 1 rings (SSSR count). The van der Waals surface area contributed by atoms with E-state index in [2.05, 4.69) is 41.6 Å². The summed E-state index contributed by atoms with van der Waals surface area (Å²) in [5, 5.41) is 9.21. The Morgan fingerprint density at radius 3 is 2.84 bits per heavy atom. The van der Waals surface area contributed by atoms with Gasteiger partial charge >= 0.3 is 0 Å². The molecule has 1 aromatic carbocycles. The summed E-state index contributed by atoms with van der Waals surface area (Å²) in [6, 6.07) is 5.61. The second kappa shape index (κ2) is 11.1. The maximum Gasteiger partial charge on any atom is 0.251 e. The van der Waals surface area contributed by atoms with Crippen molar-refractivity contribution in [2.75, 3.05) is 18.9 Å². The van der Waals surface area contributed by atoms with Crippen LogP contribution in [0.25, 0.3) is 10.4 Å². The van der Waals surface area contributed by atoms with Gasteiger partial charge in [0, 0.05) is 29.8 Å². The molecule has 0 spiro atoms. The number of hydrogen-bond acceptors (Lipinski definition) is 4. The summed E-state index contributed by atoms with van der Waals surface area (Å²) >= 11 is 3.13. The van der Waals surface area contributed by atoms with E-state index in [-0.39, 0.29) is 11.1 Å². The first-order chi connectivity index (χ1) is 12.0. The van der Waals surface area contributed by atoms with Gasteiger partial charge in [0.05, 0.1) is 11.4 Å². The van der Waals surface area contributed by atoms with E-state index in [1.54, 1.807) is 25.2 Å². The van der Waals surface area contributed by atoms with E-state index in [9.17, 15) is 9.59 Å². The van der Waals surface area contributed by atoms with Crippen molar-refractivity contribution in [2.24, 2.45) is 15.8 Å². The molecule has 1 amide bonds. The molecule has 10 heteroatoms. The van der Waals surface area contributed by atoms with Crippen molar-refractivity contribution < 1.29 is 9.59 Å². The number of benzene rings is 1. The van der Waals surface area contributed by atoms with Crippen LogP contribution in [0.4, 0.5) is 5.69 Å². The van der Waals surface area contributed by atoms with Crippen LogP contribution >= 0.6 is 15.9 Å². The Bertz CT molecular complexity index is 686. The Kier molecular flexibility index (Phi) is 9.05. The number of hydrogen-bond donors (Lipinski definition) is 3. The fourth-order valence-corrected chi connectivity index (χ4v) is 2.40. The van der Waals surface area contributed by atoms with E-state index in [1.807, 2.05) is 0 Å². The number of ketones is 1. The van der Waals surface area contributed by atoms with Gasteiger partial charge in [-0.05, 0) is 30.5 Å². The van der Waals surface area contributed by atoms with Gasteiger partial charge in [-0.15, -0.1) is 0 Å². The molecule has 9 nitrogen and oxygen atoms in total. The van der Waals surface area contributed by atoms with Crippen molar-refractivity contribution in [3.8, 4) is 0 Å². The number of amides is 1. The quantitative estimate of drug-likeness (QED) is 0.109. The summed E-state index contributed by atoms with van der Waals surface area (Å²) < 4.78 is 0. The molecule has 1 atom stereocenters. The number of carbonyl (C=O) groups excluding carboxylic acids is 2. The molecule has 0 aliphatic heterocycles. The molecule has 0 aliphatic rings. The minimum atomic E-state index is -0.628. The molecule has 4 N–H and O–H groups in total. The van der Waals surface area contributed by atoms with Crippen molar-refractivity contribution in [1.29, 1.82) is 0 Å². The normalized spacial score (nSPS) is 12.0. The van der Waals surface area contributed by atoms with Crippen molar-refractivity contribution >= 4 is 39.3 Å². The third kappa shape index (κ3) is 7.23. The van der Waals surface area contributed by atoms with Crippen molar-refractivity contribution in [3.63, 3.8) is 0 Å². The van der Waals surface area contributed by atoms with Crippen LogP contribution in [0.3, 0.4) is 0 Å². The van der Waals surface area contributed by atoms with Crippen LogP contribution in [0, 0.1) is 0 Å². The van der Waals surface area contributed by atoms with E-state index >= 15 is 0 Å². The Balaban J connectivity index is 2.70. The molecule has 0 fully saturated rings. The smallest absolute Gasteiger partial charge is 0.251 e. The molecule has 0 unspecified atom stereocenters. The van der Waals surface area contributed by atoms with E-state index in [1.165, 1.54) is 6.07 Å². The highest BCUT2D eigenvalue weighted by Gasteiger charge is 2.20. The lowest BCUT2D eigenvalue weighted by Gasteiger charge is -2.17. The van der Waals surface area contributed by atoms with Gasteiger partial charge in [-0.1, -0.05) is 33.2 Å². The first-order valence-electron chi connectivity index (χ1n) is 7.52. The summed E-state index contributed by atoms with van der Waals surface area (Å²) in [5.41, 5.74) is 14.6. The molecule has 0 bridgehead atoms. The number of guanidine groups is 1. The highest BCUT2D eigenvalue weighted by Crippen LogP contribution is 2.14. The fraction of sp³-hybridized carbons (Fsp3) is 0.400. The third-order valence-electron chi connectivity index (χ3n) is 3.31. The molecule has 0 aromatic heterocycles. The molecule has 0 radical (unpaired) electrons. The van der Waals surface area contributed by atoms with Crippen LogP contribution in [0.2, 0.25) is 0 Å². The lowest BCUT2D eigenvalue weighted by molar-refractivity contribution is -0.118. The first kappa shape index (κ1) is 20.5. The molecule has 0 heterocycles. The average molecular weight is 410 g/mol. The van der Waals surface area contributed by atoms with E-state index in [4.69, 9.17) is 11.3 Å². The number of nitrogens with zero attached hydrogens (tertiary/aromatic N) is 4. The monoisotopic (exact) mass is 409 g/mol. The first-order valence-corrected chi connectivity index (χ1v) is 8.64. The minimum absolute atomic E-state index is 0.128. The van der Waals surface area contributed by atoms with Crippen molar-refractivity contribution in [2.45, 2.75) is 18.9 Å². The standard InChI is InChI=1S/C15H20BrN7O2/c1-19-15(17)20-7-3-6-12(13(24)9-16)21-14(25)10-4-2-5-11(8-10)22-23-18/h2,4-5,8,12H,3,6-7,9H2,1H3,(H,21,25)(H3,17,19,20)/t12-/m0/s1. The average Bonchev–Trinajstić information content (AvgIpc) is 2.63. The van der Waals surface area contributed by atoms with Crippen molar-refractivity contribution in [1.82, 2.24) is 10.6 Å². The number of nitrogens with two attached hydrogens (primary N) is 1. The van der Waals surface area contributed by atoms with Gasteiger partial charge in [-0.3, -0.25) is 14.6 Å². The number of aliphatic imine (C=N–C) groups is 1. The van der Waals surface area contributed by atoms with Crippen LogP contribution < -0.4 is 16.4 Å². The number of Topliss-reactive ketones (excluding diaryl/α,β-unsaturated/α-hetero) is 1. The van der Waals surface area contributed by atoms with Gasteiger partial charge in [0.25, 0.3) is 5.91 Å². The zero-order chi connectivity index (χ0) is 18.7. The van der Waals surface area contributed by atoms with E-state index in [0.717, 1.165) is 0 Å². The second-order valence-electron chi connectivity index (χ2n) is 5.04. The van der Waals surface area contributed by atoms with Crippen molar-refractivity contribution in [3.05, 3.63) is 40.3 Å². The number of nitrogens with one attached hydrogen (secondary N) is 2. The maximum absolute atomic E-state index is 12.4. The van der Waals surface area contributed by atoms with Gasteiger partial charge in [-0.2, -0.15) is 0 Å². The van der Waals surface area contributed by atoms with Crippen LogP contribution in [-0.2, 0) is 4.79 Å². The van der Waals surface area contributed by atoms with E-state index < -0.39 is 11.9 Å².